The van der Waals surface area contributed by atoms with E-state index in [0.717, 1.165) is 61.3 Å². The van der Waals surface area contributed by atoms with Gasteiger partial charge in [-0.15, -0.1) is 0 Å². The van der Waals surface area contributed by atoms with Crippen LogP contribution >= 0.6 is 0 Å². The van der Waals surface area contributed by atoms with E-state index in [1.165, 1.54) is 38.6 Å². The molecule has 0 saturated heterocycles. The normalized spacial score (nSPS) is 13.1. The van der Waals surface area contributed by atoms with Gasteiger partial charge < -0.3 is 13.9 Å². The summed E-state index contributed by atoms with van der Waals surface area (Å²) in [6.45, 7) is 4.70. The number of rotatable bonds is 5. The summed E-state index contributed by atoms with van der Waals surface area (Å²) in [6, 6.07) is 65.8. The van der Waals surface area contributed by atoms with Gasteiger partial charge in [-0.3, -0.25) is 0 Å². The minimum Gasteiger partial charge on any atom is -0.456 e. The molecular weight excluding hydrogens is 657 g/mol. The fraction of sp³-hybridized carbons (Fsp3) is 0.0588. The van der Waals surface area contributed by atoms with E-state index in [1.54, 1.807) is 0 Å². The van der Waals surface area contributed by atoms with Crippen LogP contribution in [0.2, 0.25) is 0 Å². The number of hydrogen-bond acceptors (Lipinski definition) is 2. The van der Waals surface area contributed by atoms with Crippen molar-refractivity contribution in [1.82, 2.24) is 4.57 Å². The van der Waals surface area contributed by atoms with Gasteiger partial charge in [-0.25, -0.2) is 0 Å². The Labute approximate surface area is 314 Å². The molecule has 2 aromatic heterocycles. The smallest absolute Gasteiger partial charge is 0.138 e. The first-order valence-corrected chi connectivity index (χ1v) is 18.7. The van der Waals surface area contributed by atoms with Crippen LogP contribution in [-0.4, -0.2) is 4.57 Å². The monoisotopic (exact) mass is 692 g/mol. The molecule has 11 rings (SSSR count). The highest BCUT2D eigenvalue weighted by Crippen LogP contribution is 2.52. The molecule has 3 heteroatoms. The van der Waals surface area contributed by atoms with Gasteiger partial charge in [0.05, 0.1) is 11.0 Å². The molecule has 54 heavy (non-hydrogen) atoms. The van der Waals surface area contributed by atoms with Gasteiger partial charge in [0.15, 0.2) is 0 Å². The summed E-state index contributed by atoms with van der Waals surface area (Å²) in [7, 11) is 0. The molecule has 0 atom stereocenters. The van der Waals surface area contributed by atoms with E-state index < -0.39 is 0 Å². The predicted molar refractivity (Wildman–Crippen MR) is 226 cm³/mol. The van der Waals surface area contributed by atoms with Gasteiger partial charge in [0.25, 0.3) is 0 Å². The average molecular weight is 693 g/mol. The summed E-state index contributed by atoms with van der Waals surface area (Å²) in [4.78, 5) is 2.42. The van der Waals surface area contributed by atoms with Crippen molar-refractivity contribution in [3.05, 3.63) is 193 Å². The van der Waals surface area contributed by atoms with Gasteiger partial charge in [-0.1, -0.05) is 129 Å². The Morgan fingerprint density at radius 3 is 1.93 bits per heavy atom. The molecule has 0 fully saturated rings. The van der Waals surface area contributed by atoms with E-state index in [2.05, 4.69) is 205 Å². The minimum atomic E-state index is -0.110. The largest absolute Gasteiger partial charge is 0.456 e. The van der Waals surface area contributed by atoms with Crippen molar-refractivity contribution < 1.29 is 4.42 Å². The van der Waals surface area contributed by atoms with Crippen molar-refractivity contribution in [2.45, 2.75) is 19.3 Å². The van der Waals surface area contributed by atoms with Gasteiger partial charge >= 0.3 is 0 Å². The van der Waals surface area contributed by atoms with Gasteiger partial charge in [0.2, 0.25) is 0 Å². The molecule has 10 aromatic rings. The number of fused-ring (bicyclic) bond motifs is 9. The lowest BCUT2D eigenvalue weighted by atomic mass is 9.82. The zero-order chi connectivity index (χ0) is 36.0. The number of aromatic nitrogens is 1. The summed E-state index contributed by atoms with van der Waals surface area (Å²) in [5, 5.41) is 4.66. The second kappa shape index (κ2) is 11.6. The maximum absolute atomic E-state index is 6.64. The SMILES string of the molecule is CC1(C)c2ccccc2-c2ccc(N(c3ccccc3)c3ccc4c(c3)c3c(-c5ccccc5)c5c(cc3n4-c3ccccc3)oc3ccccc35)cc21. The molecule has 8 aromatic carbocycles. The van der Waals surface area contributed by atoms with Crippen LogP contribution in [0, 0.1) is 0 Å². The number of anilines is 3. The highest BCUT2D eigenvalue weighted by Gasteiger charge is 2.36. The molecule has 0 unspecified atom stereocenters. The average Bonchev–Trinajstić information content (AvgIpc) is 3.83. The van der Waals surface area contributed by atoms with Gasteiger partial charge in [0.1, 0.15) is 11.2 Å². The summed E-state index contributed by atoms with van der Waals surface area (Å²) in [5.74, 6) is 0. The lowest BCUT2D eigenvalue weighted by molar-refractivity contribution is 0.660. The molecule has 0 aliphatic heterocycles. The quantitative estimate of drug-likeness (QED) is 0.179. The molecule has 3 nitrogen and oxygen atoms in total. The molecule has 0 amide bonds. The maximum Gasteiger partial charge on any atom is 0.138 e. The lowest BCUT2D eigenvalue weighted by Crippen LogP contribution is -2.16. The molecule has 0 saturated carbocycles. The fourth-order valence-corrected chi connectivity index (χ4v) is 9.11. The highest BCUT2D eigenvalue weighted by molar-refractivity contribution is 6.27. The van der Waals surface area contributed by atoms with Crippen LogP contribution in [0.15, 0.2) is 186 Å². The topological polar surface area (TPSA) is 21.3 Å². The van der Waals surface area contributed by atoms with Crippen LogP contribution in [-0.2, 0) is 5.41 Å². The van der Waals surface area contributed by atoms with Crippen molar-refractivity contribution in [3.63, 3.8) is 0 Å². The Bertz CT molecular complexity index is 3060. The molecule has 1 aliphatic rings. The standard InChI is InChI=1S/C51H36N2O/c1-51(2)42-24-14-12-22-38(42)39-28-26-37(31-43(39)51)52(34-18-8-4-9-19-34)36-27-29-44-41(30-36)49-45(53(44)35-20-10-5-11-21-35)32-47-50(40-23-13-15-25-46(40)54-47)48(49)33-16-6-3-7-17-33/h3-32H,1-2H3. The van der Waals surface area contributed by atoms with E-state index >= 15 is 0 Å². The molecule has 1 aliphatic carbocycles. The Balaban J connectivity index is 1.24. The second-order valence-electron chi connectivity index (χ2n) is 14.9. The van der Waals surface area contributed by atoms with E-state index in [0.29, 0.717) is 0 Å². The zero-order valence-corrected chi connectivity index (χ0v) is 30.1. The van der Waals surface area contributed by atoms with Gasteiger partial charge in [0, 0.05) is 61.3 Å². The van der Waals surface area contributed by atoms with E-state index in [9.17, 15) is 0 Å². The highest BCUT2D eigenvalue weighted by atomic mass is 16.3. The van der Waals surface area contributed by atoms with E-state index in [-0.39, 0.29) is 5.41 Å². The number of furan rings is 1. The lowest BCUT2D eigenvalue weighted by Gasteiger charge is -2.28. The van der Waals surface area contributed by atoms with E-state index in [4.69, 9.17) is 4.42 Å². The first-order chi connectivity index (χ1) is 26.6. The van der Waals surface area contributed by atoms with Gasteiger partial charge in [-0.2, -0.15) is 0 Å². The van der Waals surface area contributed by atoms with Crippen LogP contribution in [0.25, 0.3) is 71.7 Å². The van der Waals surface area contributed by atoms with Crippen molar-refractivity contribution >= 4 is 60.8 Å². The van der Waals surface area contributed by atoms with Crippen LogP contribution < -0.4 is 4.90 Å². The van der Waals surface area contributed by atoms with Crippen LogP contribution in [0.5, 0.6) is 0 Å². The number of para-hydroxylation sites is 3. The zero-order valence-electron chi connectivity index (χ0n) is 30.1. The summed E-state index contributed by atoms with van der Waals surface area (Å²) >= 11 is 0. The first kappa shape index (κ1) is 30.8. The molecule has 0 bridgehead atoms. The number of benzene rings is 8. The van der Waals surface area contributed by atoms with Crippen LogP contribution in [0.3, 0.4) is 0 Å². The molecule has 256 valence electrons. The Morgan fingerprint density at radius 1 is 0.463 bits per heavy atom. The summed E-state index contributed by atoms with van der Waals surface area (Å²) in [5.41, 5.74) is 16.1. The van der Waals surface area contributed by atoms with Crippen molar-refractivity contribution in [2.75, 3.05) is 4.90 Å². The molecule has 0 radical (unpaired) electrons. The fourth-order valence-electron chi connectivity index (χ4n) is 9.11. The third kappa shape index (κ3) is 4.42. The molecule has 2 heterocycles. The molecular formula is C51H36N2O. The Hall–Kier alpha value is -6.84. The second-order valence-corrected chi connectivity index (χ2v) is 14.9. The van der Waals surface area contributed by atoms with Crippen LogP contribution in [0.4, 0.5) is 17.1 Å². The minimum absolute atomic E-state index is 0.110. The third-order valence-electron chi connectivity index (χ3n) is 11.6. The predicted octanol–water partition coefficient (Wildman–Crippen LogP) is 14.1. The first-order valence-electron chi connectivity index (χ1n) is 18.7. The maximum atomic E-state index is 6.64. The summed E-state index contributed by atoms with van der Waals surface area (Å²) < 4.78 is 9.04. The van der Waals surface area contributed by atoms with Crippen molar-refractivity contribution in [2.24, 2.45) is 0 Å². The Kier molecular flexibility index (Phi) is 6.60. The molecule has 0 spiro atoms. The number of nitrogens with zero attached hydrogens (tertiary/aromatic N) is 2. The van der Waals surface area contributed by atoms with Crippen molar-refractivity contribution in [1.29, 1.82) is 0 Å². The third-order valence-corrected chi connectivity index (χ3v) is 11.6. The van der Waals surface area contributed by atoms with Crippen molar-refractivity contribution in [3.8, 4) is 27.9 Å². The van der Waals surface area contributed by atoms with Crippen LogP contribution in [0.1, 0.15) is 25.0 Å². The van der Waals surface area contributed by atoms with Gasteiger partial charge in [-0.05, 0) is 88.5 Å². The van der Waals surface area contributed by atoms with E-state index in [1.807, 2.05) is 0 Å². The number of hydrogen-bond donors (Lipinski definition) is 0. The Morgan fingerprint density at radius 2 is 1.11 bits per heavy atom. The summed E-state index contributed by atoms with van der Waals surface area (Å²) in [6.07, 6.45) is 0. The molecule has 0 N–H and O–H groups in total.